The zero-order valence-corrected chi connectivity index (χ0v) is 48.4. The third-order valence-electron chi connectivity index (χ3n) is 9.78. The molecule has 0 bridgehead atoms. The van der Waals surface area contributed by atoms with Crippen molar-refractivity contribution in [1.29, 1.82) is 0 Å². The molecule has 0 radical (unpaired) electrons. The molecular weight excluding hydrogens is 1090 g/mol. The number of aromatic nitrogens is 13. The summed E-state index contributed by atoms with van der Waals surface area (Å²) >= 11 is 17.3. The van der Waals surface area contributed by atoms with Crippen LogP contribution in [0.5, 0.6) is 11.8 Å². The summed E-state index contributed by atoms with van der Waals surface area (Å²) in [5.41, 5.74) is 13.3. The molecule has 79 heavy (non-hydrogen) atoms. The Hall–Kier alpha value is -6.95. The number of aliphatic hydroxyl groups excluding tert-OH is 1. The number of nitrogens with one attached hydrogen (secondary N) is 3. The molecule has 0 spiro atoms. The van der Waals surface area contributed by atoms with Crippen LogP contribution in [0.1, 0.15) is 54.1 Å². The van der Waals surface area contributed by atoms with Gasteiger partial charge in [0.1, 0.15) is 38.7 Å². The van der Waals surface area contributed by atoms with Gasteiger partial charge in [0.25, 0.3) is 0 Å². The second-order valence-electron chi connectivity index (χ2n) is 17.3. The maximum atomic E-state index is 13.6. The Morgan fingerprint density at radius 2 is 0.987 bits per heavy atom. The number of hydrogen-bond donors (Lipinski definition) is 5. The molecule has 6 N–H and O–H groups in total. The molecule has 0 saturated carbocycles. The van der Waals surface area contributed by atoms with E-state index in [0.717, 1.165) is 59.1 Å². The number of ether oxygens (including phenoxy) is 2. The van der Waals surface area contributed by atoms with Crippen LogP contribution in [-0.2, 0) is 12.8 Å². The van der Waals surface area contributed by atoms with Crippen molar-refractivity contribution in [2.45, 2.75) is 72.7 Å². The molecule has 0 fully saturated rings. The van der Waals surface area contributed by atoms with E-state index in [0.29, 0.717) is 53.2 Å². The van der Waals surface area contributed by atoms with E-state index >= 15 is 0 Å². The van der Waals surface area contributed by atoms with E-state index in [1.54, 1.807) is 32.3 Å². The van der Waals surface area contributed by atoms with E-state index in [1.807, 2.05) is 64.4 Å². The van der Waals surface area contributed by atoms with Gasteiger partial charge < -0.3 is 37.0 Å². The smallest absolute Gasteiger partial charge is 1.00 e. The number of aromatic amines is 2. The third kappa shape index (κ3) is 20.7. The monoisotopic (exact) mass is 1150 g/mol. The molecule has 0 saturated heterocycles. The van der Waals surface area contributed by atoms with Gasteiger partial charge in [-0.05, 0) is 115 Å². The summed E-state index contributed by atoms with van der Waals surface area (Å²) in [6.45, 7) is 12.3. The zero-order chi connectivity index (χ0) is 56.1. The van der Waals surface area contributed by atoms with Crippen LogP contribution < -0.4 is 50.1 Å². The number of H-pyrrole nitrogens is 2. The van der Waals surface area contributed by atoms with Gasteiger partial charge in [0.15, 0.2) is 17.5 Å². The van der Waals surface area contributed by atoms with E-state index in [1.165, 1.54) is 54.5 Å². The van der Waals surface area contributed by atoms with Gasteiger partial charge in [-0.1, -0.05) is 34.8 Å². The van der Waals surface area contributed by atoms with Gasteiger partial charge in [0, 0.05) is 90.9 Å². The summed E-state index contributed by atoms with van der Waals surface area (Å²) in [6, 6.07) is 16.4. The third-order valence-corrected chi connectivity index (χ3v) is 10.4. The van der Waals surface area contributed by atoms with Crippen LogP contribution in [0.3, 0.4) is 0 Å². The molecule has 25 heteroatoms. The molecule has 10 rings (SSSR count). The number of nitrogens with two attached hydrogens (primary N) is 1. The van der Waals surface area contributed by atoms with Gasteiger partial charge in [0.2, 0.25) is 11.8 Å². The van der Waals surface area contributed by atoms with Gasteiger partial charge in [-0.15, -0.1) is 0 Å². The SMILES string of the molecule is CC(C)O.CC(C)Oc1cc(Cl)nc(-c2cncc(F)c2)n1.CC(C)Oc1cc(NCCc2c[nH]c3cccnc23)nc(-c2cncc(F)c2)n1.Fc1cncc(-c2nc(Cl)cc(Cl)n2)c1.NCCc1c[nH]c2cccnc12.[H-].[Na+]. The van der Waals surface area contributed by atoms with E-state index in [4.69, 9.17) is 55.1 Å². The largest absolute Gasteiger partial charge is 1.00 e. The second kappa shape index (κ2) is 31.6. The number of halogens is 6. The molecule has 10 aromatic heterocycles. The summed E-state index contributed by atoms with van der Waals surface area (Å²) in [5, 5.41) is 12.0. The predicted molar refractivity (Wildman–Crippen MR) is 298 cm³/mol. The van der Waals surface area contributed by atoms with Crippen LogP contribution in [-0.4, -0.2) is 101 Å². The molecule has 408 valence electrons. The van der Waals surface area contributed by atoms with Crippen LogP contribution in [0.25, 0.3) is 56.2 Å². The summed E-state index contributed by atoms with van der Waals surface area (Å²) in [4.78, 5) is 51.3. The number of hydrogen-bond acceptors (Lipinski definition) is 16. The number of aliphatic hydroxyl groups is 1. The number of rotatable bonds is 13. The van der Waals surface area contributed by atoms with Crippen molar-refractivity contribution < 1.29 is 58.7 Å². The predicted octanol–water partition coefficient (Wildman–Crippen LogP) is 8.67. The molecule has 10 aromatic rings. The van der Waals surface area contributed by atoms with Gasteiger partial charge in [0.05, 0.1) is 52.9 Å². The minimum atomic E-state index is -0.466. The summed E-state index contributed by atoms with van der Waals surface area (Å²) < 4.78 is 50.7. The molecule has 18 nitrogen and oxygen atoms in total. The first-order chi connectivity index (χ1) is 37.4. The fourth-order valence-corrected chi connectivity index (χ4v) is 7.38. The Bertz CT molecular complexity index is 3490. The van der Waals surface area contributed by atoms with Crippen molar-refractivity contribution >= 4 is 62.7 Å². The van der Waals surface area contributed by atoms with Gasteiger partial charge in [-0.25, -0.2) is 33.1 Å². The second-order valence-corrected chi connectivity index (χ2v) is 18.5. The van der Waals surface area contributed by atoms with E-state index in [2.05, 4.69) is 70.1 Å². The summed E-state index contributed by atoms with van der Waals surface area (Å²) in [7, 11) is 0. The number of pyridine rings is 5. The maximum absolute atomic E-state index is 13.6. The van der Waals surface area contributed by atoms with E-state index in [9.17, 15) is 13.2 Å². The van der Waals surface area contributed by atoms with Crippen LogP contribution in [0.2, 0.25) is 15.5 Å². The molecule has 0 unspecified atom stereocenters. The standard InChI is InChI=1S/C21H21FN6O.C12H11ClFN3O.C9H4Cl2FN3.C9H11N3.C3H8O.Na.H/c1-13(2)29-19-9-18(27-21(28-19)15-8-16(22)12-23-10-15)24-7-5-14-11-26-17-4-3-6-25-20(14)17;1-7(2)18-11-4-10(13)16-12(17-11)8-3-9(14)6-15-5-8;10-7-2-8(11)15-9(14-7)5-1-6(12)4-13-3-5;10-4-3-7-6-12-8-2-1-5-11-9(7)8;1-3(2)4;;/h3-4,6,8-13,26H,5,7H2,1-2H3,(H,24,27,28);3-7H,1-2H3;1-4H;1-2,5-6,12H,3-4,10H2;3-4H,1-2H3;;/q;;;;;+1;-1. The summed E-state index contributed by atoms with van der Waals surface area (Å²) in [6.07, 6.45) is 16.7. The fourth-order valence-electron chi connectivity index (χ4n) is 6.78. The molecule has 0 aromatic carbocycles. The first-order valence-corrected chi connectivity index (χ1v) is 25.3. The normalized spacial score (nSPS) is 10.6. The maximum Gasteiger partial charge on any atom is 1.00 e. The molecule has 0 amide bonds. The Morgan fingerprint density at radius 3 is 1.42 bits per heavy atom. The molecule has 0 atom stereocenters. The molecular formula is C54H56Cl3F3N15NaO3. The molecule has 0 aliphatic rings. The van der Waals surface area contributed by atoms with Crippen LogP contribution in [0.15, 0.2) is 123 Å². The van der Waals surface area contributed by atoms with Crippen molar-refractivity contribution in [3.63, 3.8) is 0 Å². The quantitative estimate of drug-likeness (QED) is 0.0535. The van der Waals surface area contributed by atoms with E-state index < -0.39 is 17.5 Å². The average Bonchev–Trinajstić information content (AvgIpc) is 4.01. The van der Waals surface area contributed by atoms with Crippen molar-refractivity contribution in [2.75, 3.05) is 18.4 Å². The first-order valence-electron chi connectivity index (χ1n) is 24.2. The fraction of sp³-hybridized carbons (Fsp3) is 0.241. The Labute approximate surface area is 492 Å². The van der Waals surface area contributed by atoms with Crippen molar-refractivity contribution in [3.8, 4) is 45.9 Å². The number of anilines is 1. The first kappa shape index (κ1) is 62.9. The Morgan fingerprint density at radius 1 is 0.582 bits per heavy atom. The van der Waals surface area contributed by atoms with Gasteiger partial charge in [-0.2, -0.15) is 9.97 Å². The van der Waals surface area contributed by atoms with Gasteiger partial charge in [-0.3, -0.25) is 24.9 Å². The topological polar surface area (TPSA) is 250 Å². The minimum absolute atomic E-state index is 0. The average molecular weight is 1150 g/mol. The number of fused-ring (bicyclic) bond motifs is 2. The molecule has 10 heterocycles. The molecule has 0 aliphatic heterocycles. The van der Waals surface area contributed by atoms with Crippen molar-refractivity contribution in [1.82, 2.24) is 64.8 Å². The van der Waals surface area contributed by atoms with E-state index in [-0.39, 0.29) is 76.4 Å². The van der Waals surface area contributed by atoms with Crippen molar-refractivity contribution in [3.05, 3.63) is 167 Å². The Kier molecular flexibility index (Phi) is 25.1. The molecule has 0 aliphatic carbocycles. The zero-order valence-electron chi connectivity index (χ0n) is 45.1. The van der Waals surface area contributed by atoms with Crippen LogP contribution >= 0.6 is 34.8 Å². The van der Waals surface area contributed by atoms with Crippen molar-refractivity contribution in [2.24, 2.45) is 5.73 Å². The van der Waals surface area contributed by atoms with Gasteiger partial charge >= 0.3 is 29.6 Å². The minimum Gasteiger partial charge on any atom is -1.00 e. The summed E-state index contributed by atoms with van der Waals surface area (Å²) in [5.74, 6) is 0.894. The number of nitrogens with zero attached hydrogens (tertiary/aromatic N) is 11. The Balaban J connectivity index is 0.000000234. The van der Waals surface area contributed by atoms with Crippen LogP contribution in [0.4, 0.5) is 19.0 Å². The van der Waals surface area contributed by atoms with Crippen LogP contribution in [0, 0.1) is 17.5 Å².